The third kappa shape index (κ3) is 2.73. The molecule has 0 radical (unpaired) electrons. The Morgan fingerprint density at radius 2 is 2.08 bits per heavy atom. The highest BCUT2D eigenvalue weighted by atomic mass is 35.5. The first-order valence-corrected chi connectivity index (χ1v) is 8.96. The van der Waals surface area contributed by atoms with E-state index in [0.717, 1.165) is 27.3 Å². The van der Waals surface area contributed by atoms with Gasteiger partial charge < -0.3 is 0 Å². The van der Waals surface area contributed by atoms with Crippen LogP contribution in [0.25, 0.3) is 21.3 Å². The van der Waals surface area contributed by atoms with Crippen molar-refractivity contribution in [2.45, 2.75) is 26.8 Å². The number of aryl methyl sites for hydroxylation is 2. The molecular formula is C18H14Cl2N2OS. The van der Waals surface area contributed by atoms with E-state index >= 15 is 0 Å². The van der Waals surface area contributed by atoms with E-state index in [9.17, 15) is 4.79 Å². The van der Waals surface area contributed by atoms with Crippen molar-refractivity contribution in [3.8, 4) is 23.5 Å². The molecule has 122 valence electrons. The van der Waals surface area contributed by atoms with Crippen LogP contribution in [0.5, 0.6) is 0 Å². The van der Waals surface area contributed by atoms with Crippen molar-refractivity contribution in [3.05, 3.63) is 49.3 Å². The van der Waals surface area contributed by atoms with Gasteiger partial charge in [0, 0.05) is 10.4 Å². The van der Waals surface area contributed by atoms with Crippen molar-refractivity contribution in [2.75, 3.05) is 0 Å². The van der Waals surface area contributed by atoms with Crippen LogP contribution in [0.3, 0.4) is 0 Å². The molecule has 3 aromatic rings. The second kappa shape index (κ2) is 6.60. The number of hydrogen-bond donors (Lipinski definition) is 0. The Kier molecular flexibility index (Phi) is 4.69. The summed E-state index contributed by atoms with van der Waals surface area (Å²) >= 11 is 13.7. The van der Waals surface area contributed by atoms with Gasteiger partial charge >= 0.3 is 0 Å². The number of hydrogen-bond acceptors (Lipinski definition) is 3. The molecule has 2 aromatic heterocycles. The van der Waals surface area contributed by atoms with Gasteiger partial charge in [-0.2, -0.15) is 0 Å². The van der Waals surface area contributed by atoms with E-state index in [-0.39, 0.29) is 12.1 Å². The average Bonchev–Trinajstić information content (AvgIpc) is 2.92. The molecule has 0 N–H and O–H groups in total. The molecular weight excluding hydrogens is 363 g/mol. The Bertz CT molecular complexity index is 1040. The number of nitrogens with zero attached hydrogens (tertiary/aromatic N) is 2. The number of aromatic nitrogens is 2. The second-order valence-electron chi connectivity index (χ2n) is 5.32. The van der Waals surface area contributed by atoms with Crippen LogP contribution in [0.1, 0.15) is 17.6 Å². The fourth-order valence-corrected chi connectivity index (χ4v) is 4.18. The molecule has 0 fully saturated rings. The fourth-order valence-electron chi connectivity index (χ4n) is 2.71. The van der Waals surface area contributed by atoms with Crippen LogP contribution in [0, 0.1) is 19.3 Å². The summed E-state index contributed by atoms with van der Waals surface area (Å²) in [7, 11) is 0. The van der Waals surface area contributed by atoms with E-state index < -0.39 is 0 Å². The third-order valence-corrected chi connectivity index (χ3v) is 5.82. The van der Waals surface area contributed by atoms with Gasteiger partial charge in [-0.15, -0.1) is 17.8 Å². The molecule has 1 aromatic carbocycles. The molecule has 0 saturated heterocycles. The maximum absolute atomic E-state index is 13.0. The first-order valence-electron chi connectivity index (χ1n) is 7.39. The lowest BCUT2D eigenvalue weighted by molar-refractivity contribution is 0.743. The SMILES string of the molecule is C#CCn1c(C)nc2sc(CC)c(-c3ccc(Cl)c(Cl)c3)c2c1=O. The van der Waals surface area contributed by atoms with Gasteiger partial charge in [-0.1, -0.05) is 42.1 Å². The highest BCUT2D eigenvalue weighted by Crippen LogP contribution is 2.38. The summed E-state index contributed by atoms with van der Waals surface area (Å²) in [5.74, 6) is 3.14. The summed E-state index contributed by atoms with van der Waals surface area (Å²) in [6.07, 6.45) is 6.19. The van der Waals surface area contributed by atoms with E-state index in [0.29, 0.717) is 21.3 Å². The number of thiophene rings is 1. The molecule has 2 heterocycles. The van der Waals surface area contributed by atoms with Gasteiger partial charge in [-0.05, 0) is 31.0 Å². The number of halogens is 2. The molecule has 3 rings (SSSR count). The highest BCUT2D eigenvalue weighted by molar-refractivity contribution is 7.19. The Labute approximate surface area is 153 Å². The number of terminal acetylenes is 1. The zero-order valence-electron chi connectivity index (χ0n) is 13.2. The van der Waals surface area contributed by atoms with Crippen LogP contribution in [0.15, 0.2) is 23.0 Å². The monoisotopic (exact) mass is 376 g/mol. The Morgan fingerprint density at radius 3 is 2.71 bits per heavy atom. The smallest absolute Gasteiger partial charge is 0.263 e. The Morgan fingerprint density at radius 1 is 1.33 bits per heavy atom. The fraction of sp³-hybridized carbons (Fsp3) is 0.222. The average molecular weight is 377 g/mol. The summed E-state index contributed by atoms with van der Waals surface area (Å²) in [6.45, 7) is 4.05. The van der Waals surface area contributed by atoms with Gasteiger partial charge in [0.05, 0.1) is 22.0 Å². The van der Waals surface area contributed by atoms with Gasteiger partial charge in [0.1, 0.15) is 10.7 Å². The van der Waals surface area contributed by atoms with Gasteiger partial charge in [-0.25, -0.2) is 4.98 Å². The van der Waals surface area contributed by atoms with Gasteiger partial charge in [0.15, 0.2) is 0 Å². The molecule has 0 amide bonds. The molecule has 0 aliphatic carbocycles. The summed E-state index contributed by atoms with van der Waals surface area (Å²) in [5, 5.41) is 1.53. The molecule has 0 bridgehead atoms. The van der Waals surface area contributed by atoms with Crippen LogP contribution in [0.2, 0.25) is 10.0 Å². The molecule has 0 aliphatic heterocycles. The maximum Gasteiger partial charge on any atom is 0.263 e. The molecule has 0 atom stereocenters. The molecule has 0 saturated carbocycles. The van der Waals surface area contributed by atoms with E-state index in [2.05, 4.69) is 17.8 Å². The molecule has 3 nitrogen and oxygen atoms in total. The molecule has 6 heteroatoms. The Hall–Kier alpha value is -1.80. The topological polar surface area (TPSA) is 34.9 Å². The standard InChI is InChI=1S/C18H14Cl2N2OS/c1-4-8-22-10(3)21-17-16(18(22)23)15(14(5-2)24-17)11-6-7-12(19)13(20)9-11/h1,6-7,9H,5,8H2,2-3H3. The molecule has 0 aliphatic rings. The lowest BCUT2D eigenvalue weighted by Crippen LogP contribution is -2.23. The number of rotatable bonds is 3. The first kappa shape index (κ1) is 17.0. The van der Waals surface area contributed by atoms with Gasteiger partial charge in [0.25, 0.3) is 5.56 Å². The maximum atomic E-state index is 13.0. The van der Waals surface area contributed by atoms with E-state index in [1.807, 2.05) is 6.07 Å². The Balaban J connectivity index is 2.41. The largest absolute Gasteiger partial charge is 0.284 e. The number of benzene rings is 1. The minimum absolute atomic E-state index is 0.118. The van der Waals surface area contributed by atoms with Crippen LogP contribution in [0.4, 0.5) is 0 Å². The predicted octanol–water partition coefficient (Wildman–Crippen LogP) is 4.94. The van der Waals surface area contributed by atoms with Crippen LogP contribution >= 0.6 is 34.5 Å². The molecule has 0 spiro atoms. The quantitative estimate of drug-likeness (QED) is 0.607. The predicted molar refractivity (Wildman–Crippen MR) is 102 cm³/mol. The minimum atomic E-state index is -0.118. The normalized spacial score (nSPS) is 11.0. The van der Waals surface area contributed by atoms with Crippen molar-refractivity contribution in [1.82, 2.24) is 9.55 Å². The van der Waals surface area contributed by atoms with Crippen molar-refractivity contribution < 1.29 is 0 Å². The van der Waals surface area contributed by atoms with Crippen molar-refractivity contribution in [3.63, 3.8) is 0 Å². The van der Waals surface area contributed by atoms with Crippen molar-refractivity contribution >= 4 is 44.8 Å². The van der Waals surface area contributed by atoms with E-state index in [4.69, 9.17) is 29.6 Å². The molecule has 0 unspecified atom stereocenters. The first-order chi connectivity index (χ1) is 11.5. The third-order valence-electron chi connectivity index (χ3n) is 3.85. The van der Waals surface area contributed by atoms with Crippen molar-refractivity contribution in [1.29, 1.82) is 0 Å². The van der Waals surface area contributed by atoms with E-state index in [1.165, 1.54) is 15.9 Å². The summed E-state index contributed by atoms with van der Waals surface area (Å²) < 4.78 is 1.52. The summed E-state index contributed by atoms with van der Waals surface area (Å²) in [5.41, 5.74) is 1.62. The highest BCUT2D eigenvalue weighted by Gasteiger charge is 2.20. The summed E-state index contributed by atoms with van der Waals surface area (Å²) in [4.78, 5) is 19.4. The zero-order valence-corrected chi connectivity index (χ0v) is 15.5. The van der Waals surface area contributed by atoms with Crippen molar-refractivity contribution in [2.24, 2.45) is 0 Å². The van der Waals surface area contributed by atoms with Crippen LogP contribution in [-0.4, -0.2) is 9.55 Å². The van der Waals surface area contributed by atoms with E-state index in [1.54, 1.807) is 19.1 Å². The van der Waals surface area contributed by atoms with Gasteiger partial charge in [0.2, 0.25) is 0 Å². The lowest BCUT2D eigenvalue weighted by Gasteiger charge is -2.08. The molecule has 24 heavy (non-hydrogen) atoms. The van der Waals surface area contributed by atoms with Crippen LogP contribution in [-0.2, 0) is 13.0 Å². The lowest BCUT2D eigenvalue weighted by atomic mass is 10.0. The number of fused-ring (bicyclic) bond motifs is 1. The minimum Gasteiger partial charge on any atom is -0.284 e. The second-order valence-corrected chi connectivity index (χ2v) is 7.22. The summed E-state index contributed by atoms with van der Waals surface area (Å²) in [6, 6.07) is 5.40. The van der Waals surface area contributed by atoms with Gasteiger partial charge in [-0.3, -0.25) is 9.36 Å². The van der Waals surface area contributed by atoms with Crippen LogP contribution < -0.4 is 5.56 Å². The zero-order chi connectivity index (χ0) is 17.4.